The van der Waals surface area contributed by atoms with Crippen LogP contribution in [0.2, 0.25) is 0 Å². The Bertz CT molecular complexity index is 841. The second-order valence-corrected chi connectivity index (χ2v) is 4.95. The fraction of sp³-hybridized carbons (Fsp3) is 0.0588. The molecule has 5 nitrogen and oxygen atoms in total. The van der Waals surface area contributed by atoms with Gasteiger partial charge in [0.25, 0.3) is 5.91 Å². The Labute approximate surface area is 127 Å². The van der Waals surface area contributed by atoms with Crippen LogP contribution < -0.4 is 11.1 Å². The lowest BCUT2D eigenvalue weighted by Gasteiger charge is -2.09. The maximum absolute atomic E-state index is 12.2. The molecule has 3 rings (SSSR count). The van der Waals surface area contributed by atoms with Crippen molar-refractivity contribution in [1.82, 2.24) is 10.3 Å². The maximum atomic E-state index is 12.2. The van der Waals surface area contributed by atoms with Crippen molar-refractivity contribution in [3.8, 4) is 5.75 Å². The number of nitrogens with two attached hydrogens (primary N) is 1. The molecule has 2 aromatic carbocycles. The molecular weight excluding hydrogens is 278 g/mol. The molecule has 0 aliphatic rings. The maximum Gasteiger partial charge on any atom is 0.255 e. The van der Waals surface area contributed by atoms with E-state index in [2.05, 4.69) is 10.3 Å². The Morgan fingerprint density at radius 2 is 2.00 bits per heavy atom. The third kappa shape index (κ3) is 2.69. The predicted octanol–water partition coefficient (Wildman–Crippen LogP) is 2.45. The number of carbonyl (C=O) groups excluding carboxylic acids is 1. The van der Waals surface area contributed by atoms with Crippen molar-refractivity contribution in [2.45, 2.75) is 6.54 Å². The summed E-state index contributed by atoms with van der Waals surface area (Å²) in [4.78, 5) is 16.5. The van der Waals surface area contributed by atoms with Crippen LogP contribution in [0.25, 0.3) is 10.9 Å². The van der Waals surface area contributed by atoms with Crippen LogP contribution >= 0.6 is 0 Å². The highest BCUT2D eigenvalue weighted by molar-refractivity contribution is 5.97. The van der Waals surface area contributed by atoms with Gasteiger partial charge in [-0.15, -0.1) is 0 Å². The van der Waals surface area contributed by atoms with E-state index < -0.39 is 0 Å². The number of fused-ring (bicyclic) bond motifs is 1. The van der Waals surface area contributed by atoms with Gasteiger partial charge in [0.15, 0.2) is 0 Å². The molecule has 3 aromatic rings. The number of nitrogens with one attached hydrogen (secondary N) is 1. The molecule has 0 unspecified atom stereocenters. The topological polar surface area (TPSA) is 88.2 Å². The number of anilines is 1. The molecule has 0 radical (unpaired) electrons. The summed E-state index contributed by atoms with van der Waals surface area (Å²) in [6.07, 6.45) is 1.72. The van der Waals surface area contributed by atoms with Gasteiger partial charge in [0, 0.05) is 23.8 Å². The van der Waals surface area contributed by atoms with Crippen molar-refractivity contribution in [3.63, 3.8) is 0 Å². The van der Waals surface area contributed by atoms with Gasteiger partial charge in [-0.1, -0.05) is 24.3 Å². The fourth-order valence-corrected chi connectivity index (χ4v) is 2.32. The first-order valence-corrected chi connectivity index (χ1v) is 6.84. The third-order valence-electron chi connectivity index (χ3n) is 3.42. The number of amides is 1. The normalized spacial score (nSPS) is 10.5. The van der Waals surface area contributed by atoms with Gasteiger partial charge >= 0.3 is 0 Å². The standard InChI is InChI=1S/C17H15N3O2/c18-13-6-7-15(21)14(9-13)17(22)20-10-12-4-1-3-11-5-2-8-19-16(11)12/h1-9,21H,10,18H2,(H,20,22). The van der Waals surface area contributed by atoms with Gasteiger partial charge in [-0.25, -0.2) is 0 Å². The molecule has 22 heavy (non-hydrogen) atoms. The quantitative estimate of drug-likeness (QED) is 0.511. The molecule has 0 saturated heterocycles. The van der Waals surface area contributed by atoms with E-state index in [0.717, 1.165) is 16.5 Å². The predicted molar refractivity (Wildman–Crippen MR) is 85.4 cm³/mol. The van der Waals surface area contributed by atoms with E-state index in [0.29, 0.717) is 12.2 Å². The average Bonchev–Trinajstić information content (AvgIpc) is 2.54. The number of pyridine rings is 1. The van der Waals surface area contributed by atoms with E-state index in [-0.39, 0.29) is 17.2 Å². The number of aromatic hydroxyl groups is 1. The van der Waals surface area contributed by atoms with Crippen LogP contribution in [0.3, 0.4) is 0 Å². The number of phenols is 1. The highest BCUT2D eigenvalue weighted by Crippen LogP contribution is 2.20. The number of nitrogens with zero attached hydrogens (tertiary/aromatic N) is 1. The molecule has 4 N–H and O–H groups in total. The lowest BCUT2D eigenvalue weighted by atomic mass is 10.1. The van der Waals surface area contributed by atoms with Gasteiger partial charge < -0.3 is 16.2 Å². The number of hydrogen-bond donors (Lipinski definition) is 3. The first kappa shape index (κ1) is 13.9. The van der Waals surface area contributed by atoms with Crippen molar-refractivity contribution < 1.29 is 9.90 Å². The summed E-state index contributed by atoms with van der Waals surface area (Å²) in [5.74, 6) is -0.472. The molecule has 5 heteroatoms. The van der Waals surface area contributed by atoms with Crippen LogP contribution in [0.5, 0.6) is 5.75 Å². The number of benzene rings is 2. The minimum atomic E-state index is -0.377. The summed E-state index contributed by atoms with van der Waals surface area (Å²) in [6, 6.07) is 14.0. The molecule has 0 saturated carbocycles. The minimum absolute atomic E-state index is 0.0947. The molecule has 0 aliphatic carbocycles. The van der Waals surface area contributed by atoms with E-state index in [4.69, 9.17) is 5.73 Å². The van der Waals surface area contributed by atoms with E-state index in [1.807, 2.05) is 30.3 Å². The Hall–Kier alpha value is -3.08. The van der Waals surface area contributed by atoms with E-state index in [1.165, 1.54) is 12.1 Å². The summed E-state index contributed by atoms with van der Waals surface area (Å²) < 4.78 is 0. The fourth-order valence-electron chi connectivity index (χ4n) is 2.32. The summed E-state index contributed by atoms with van der Waals surface area (Å²) in [5.41, 5.74) is 7.99. The van der Waals surface area contributed by atoms with Crippen molar-refractivity contribution in [1.29, 1.82) is 0 Å². The summed E-state index contributed by atoms with van der Waals surface area (Å²) >= 11 is 0. The SMILES string of the molecule is Nc1ccc(O)c(C(=O)NCc2cccc3cccnc23)c1. The van der Waals surface area contributed by atoms with Gasteiger partial charge in [0.2, 0.25) is 0 Å². The number of nitrogen functional groups attached to an aromatic ring is 1. The summed E-state index contributed by atoms with van der Waals surface area (Å²) in [5, 5.41) is 13.5. The largest absolute Gasteiger partial charge is 0.507 e. The van der Waals surface area contributed by atoms with E-state index >= 15 is 0 Å². The van der Waals surface area contributed by atoms with Gasteiger partial charge in [-0.05, 0) is 29.8 Å². The van der Waals surface area contributed by atoms with Gasteiger partial charge in [0.1, 0.15) is 5.75 Å². The molecule has 0 atom stereocenters. The number of hydrogen-bond acceptors (Lipinski definition) is 4. The zero-order valence-corrected chi connectivity index (χ0v) is 11.8. The molecule has 0 bridgehead atoms. The number of rotatable bonds is 3. The van der Waals surface area contributed by atoms with Crippen LogP contribution in [0, 0.1) is 0 Å². The highest BCUT2D eigenvalue weighted by atomic mass is 16.3. The Kier molecular flexibility index (Phi) is 3.62. The second kappa shape index (κ2) is 5.73. The number of aromatic nitrogens is 1. The van der Waals surface area contributed by atoms with Crippen molar-refractivity contribution in [2.75, 3.05) is 5.73 Å². The van der Waals surface area contributed by atoms with Crippen molar-refractivity contribution in [3.05, 3.63) is 65.9 Å². The van der Waals surface area contributed by atoms with Gasteiger partial charge in [-0.2, -0.15) is 0 Å². The molecule has 0 spiro atoms. The molecule has 1 amide bonds. The Morgan fingerprint density at radius 1 is 1.18 bits per heavy atom. The zero-order valence-electron chi connectivity index (χ0n) is 11.8. The lowest BCUT2D eigenvalue weighted by molar-refractivity contribution is 0.0948. The van der Waals surface area contributed by atoms with E-state index in [9.17, 15) is 9.90 Å². The number of phenolic OH excluding ortho intramolecular Hbond substituents is 1. The Balaban J connectivity index is 1.82. The summed E-state index contributed by atoms with van der Waals surface area (Å²) in [7, 11) is 0. The third-order valence-corrected chi connectivity index (χ3v) is 3.42. The van der Waals surface area contributed by atoms with Crippen LogP contribution in [-0.2, 0) is 6.54 Å². The van der Waals surface area contributed by atoms with Gasteiger partial charge in [0.05, 0.1) is 11.1 Å². The van der Waals surface area contributed by atoms with Crippen LogP contribution in [0.1, 0.15) is 15.9 Å². The average molecular weight is 293 g/mol. The zero-order chi connectivity index (χ0) is 15.5. The molecule has 110 valence electrons. The molecule has 1 aromatic heterocycles. The number of carbonyl (C=O) groups is 1. The summed E-state index contributed by atoms with van der Waals surface area (Å²) in [6.45, 7) is 0.321. The lowest BCUT2D eigenvalue weighted by Crippen LogP contribution is -2.23. The molecule has 0 aliphatic heterocycles. The van der Waals surface area contributed by atoms with Crippen molar-refractivity contribution >= 4 is 22.5 Å². The molecule has 1 heterocycles. The molecular formula is C17H15N3O2. The van der Waals surface area contributed by atoms with Crippen LogP contribution in [0.15, 0.2) is 54.7 Å². The molecule has 0 fully saturated rings. The first-order valence-electron chi connectivity index (χ1n) is 6.84. The first-order chi connectivity index (χ1) is 10.6. The van der Waals surface area contributed by atoms with Gasteiger partial charge in [-0.3, -0.25) is 9.78 Å². The highest BCUT2D eigenvalue weighted by Gasteiger charge is 2.12. The smallest absolute Gasteiger partial charge is 0.255 e. The monoisotopic (exact) mass is 293 g/mol. The Morgan fingerprint density at radius 3 is 2.86 bits per heavy atom. The van der Waals surface area contributed by atoms with E-state index in [1.54, 1.807) is 12.3 Å². The second-order valence-electron chi connectivity index (χ2n) is 4.95. The minimum Gasteiger partial charge on any atom is -0.507 e. The van der Waals surface area contributed by atoms with Crippen LogP contribution in [0.4, 0.5) is 5.69 Å². The van der Waals surface area contributed by atoms with Crippen molar-refractivity contribution in [2.24, 2.45) is 0 Å². The number of para-hydroxylation sites is 1. The van der Waals surface area contributed by atoms with Crippen LogP contribution in [-0.4, -0.2) is 16.0 Å².